The Labute approximate surface area is 149 Å². The van der Waals surface area contributed by atoms with Crippen LogP contribution >= 0.6 is 0 Å². The van der Waals surface area contributed by atoms with Gasteiger partial charge in [-0.1, -0.05) is 12.1 Å². The lowest BCUT2D eigenvalue weighted by Gasteiger charge is -2.37. The molecule has 4 rings (SSSR count). The van der Waals surface area contributed by atoms with Crippen LogP contribution in [0.1, 0.15) is 24.8 Å². The van der Waals surface area contributed by atoms with Crippen molar-refractivity contribution < 1.29 is 14.3 Å². The Balaban J connectivity index is 1.47. The molecule has 0 aromatic heterocycles. The first-order chi connectivity index (χ1) is 12.1. The van der Waals surface area contributed by atoms with E-state index in [9.17, 15) is 4.79 Å². The van der Waals surface area contributed by atoms with Gasteiger partial charge >= 0.3 is 0 Å². The molecular weight excluding hydrogens is 316 g/mol. The SMILES string of the molecule is COc1cccc2c1OCC(CN1CC[C@@]3(CCCN(C)C3=O)C1)=C2. The largest absolute Gasteiger partial charge is 0.493 e. The molecule has 3 aliphatic rings. The van der Waals surface area contributed by atoms with Gasteiger partial charge in [-0.25, -0.2) is 0 Å². The monoisotopic (exact) mass is 342 g/mol. The molecule has 5 nitrogen and oxygen atoms in total. The second-order valence-electron chi connectivity index (χ2n) is 7.54. The van der Waals surface area contributed by atoms with Crippen LogP contribution in [0.5, 0.6) is 11.5 Å². The normalized spacial score (nSPS) is 26.4. The van der Waals surface area contributed by atoms with Crippen LogP contribution in [0, 0.1) is 5.41 Å². The van der Waals surface area contributed by atoms with Crippen molar-refractivity contribution in [2.75, 3.05) is 46.9 Å². The number of ether oxygens (including phenoxy) is 2. The third-order valence-electron chi connectivity index (χ3n) is 5.80. The average molecular weight is 342 g/mol. The van der Waals surface area contributed by atoms with Gasteiger partial charge in [0.05, 0.1) is 12.5 Å². The Morgan fingerprint density at radius 2 is 2.16 bits per heavy atom. The van der Waals surface area contributed by atoms with Gasteiger partial charge in [0.15, 0.2) is 11.5 Å². The van der Waals surface area contributed by atoms with Crippen molar-refractivity contribution in [2.45, 2.75) is 19.3 Å². The molecule has 2 fully saturated rings. The molecular formula is C20H26N2O3. The van der Waals surface area contributed by atoms with Gasteiger partial charge in [-0.2, -0.15) is 0 Å². The van der Waals surface area contributed by atoms with Crippen LogP contribution < -0.4 is 9.47 Å². The molecule has 3 heterocycles. The molecule has 0 N–H and O–H groups in total. The van der Waals surface area contributed by atoms with Gasteiger partial charge < -0.3 is 14.4 Å². The van der Waals surface area contributed by atoms with Crippen molar-refractivity contribution in [3.63, 3.8) is 0 Å². The number of hydrogen-bond donors (Lipinski definition) is 0. The molecule has 2 saturated heterocycles. The molecule has 134 valence electrons. The first-order valence-corrected chi connectivity index (χ1v) is 9.08. The molecule has 0 radical (unpaired) electrons. The van der Waals surface area contributed by atoms with Crippen LogP contribution in [0.25, 0.3) is 6.08 Å². The zero-order valence-corrected chi connectivity index (χ0v) is 15.1. The summed E-state index contributed by atoms with van der Waals surface area (Å²) in [5, 5.41) is 0. The second-order valence-corrected chi connectivity index (χ2v) is 7.54. The Hall–Kier alpha value is -2.01. The summed E-state index contributed by atoms with van der Waals surface area (Å²) in [6, 6.07) is 5.97. The molecule has 0 bridgehead atoms. The maximum Gasteiger partial charge on any atom is 0.229 e. The predicted molar refractivity (Wildman–Crippen MR) is 96.8 cm³/mol. The fourth-order valence-corrected chi connectivity index (χ4v) is 4.51. The highest BCUT2D eigenvalue weighted by Crippen LogP contribution is 2.40. The minimum Gasteiger partial charge on any atom is -0.493 e. The van der Waals surface area contributed by atoms with E-state index >= 15 is 0 Å². The topological polar surface area (TPSA) is 42.0 Å². The Bertz CT molecular complexity index is 715. The van der Waals surface area contributed by atoms with E-state index in [-0.39, 0.29) is 5.41 Å². The van der Waals surface area contributed by atoms with E-state index in [1.807, 2.05) is 24.1 Å². The zero-order chi connectivity index (χ0) is 17.4. The van der Waals surface area contributed by atoms with Gasteiger partial charge in [-0.05, 0) is 43.5 Å². The molecule has 1 aromatic carbocycles. The summed E-state index contributed by atoms with van der Waals surface area (Å²) >= 11 is 0. The van der Waals surface area contributed by atoms with Gasteiger partial charge in [0.25, 0.3) is 0 Å². The molecule has 3 aliphatic heterocycles. The fourth-order valence-electron chi connectivity index (χ4n) is 4.51. The number of carbonyl (C=O) groups excluding carboxylic acids is 1. The number of likely N-dealkylation sites (tertiary alicyclic amines) is 2. The van der Waals surface area contributed by atoms with Crippen LogP contribution in [0.3, 0.4) is 0 Å². The molecule has 1 aromatic rings. The second kappa shape index (κ2) is 6.37. The summed E-state index contributed by atoms with van der Waals surface area (Å²) in [6.45, 7) is 4.22. The van der Waals surface area contributed by atoms with Crippen LogP contribution in [-0.4, -0.2) is 62.7 Å². The highest BCUT2D eigenvalue weighted by molar-refractivity contribution is 5.84. The summed E-state index contributed by atoms with van der Waals surface area (Å²) in [5.74, 6) is 1.95. The summed E-state index contributed by atoms with van der Waals surface area (Å²) in [4.78, 5) is 17.0. The van der Waals surface area contributed by atoms with Gasteiger partial charge in [0.2, 0.25) is 5.91 Å². The molecule has 25 heavy (non-hydrogen) atoms. The standard InChI is InChI=1S/C20H26N2O3/c1-21-9-4-7-20(19(21)23)8-10-22(14-20)12-15-11-16-5-3-6-17(24-2)18(16)25-13-15/h3,5-6,11H,4,7-10,12-14H2,1-2H3/t20-/m0/s1. The van der Waals surface area contributed by atoms with E-state index in [4.69, 9.17) is 9.47 Å². The highest BCUT2D eigenvalue weighted by Gasteiger charge is 2.47. The van der Waals surface area contributed by atoms with Crippen molar-refractivity contribution in [3.8, 4) is 11.5 Å². The van der Waals surface area contributed by atoms with E-state index in [0.717, 1.165) is 62.5 Å². The Kier molecular flexibility index (Phi) is 4.20. The smallest absolute Gasteiger partial charge is 0.229 e. The number of methoxy groups -OCH3 is 1. The van der Waals surface area contributed by atoms with Crippen molar-refractivity contribution in [2.24, 2.45) is 5.41 Å². The quantitative estimate of drug-likeness (QED) is 0.846. The van der Waals surface area contributed by atoms with E-state index in [2.05, 4.69) is 17.0 Å². The van der Waals surface area contributed by atoms with Gasteiger partial charge in [0.1, 0.15) is 6.61 Å². The van der Waals surface area contributed by atoms with Gasteiger partial charge in [-0.15, -0.1) is 0 Å². The lowest BCUT2D eigenvalue weighted by atomic mass is 9.78. The molecule has 1 spiro atoms. The number of hydrogen-bond acceptors (Lipinski definition) is 4. The number of benzene rings is 1. The molecule has 0 saturated carbocycles. The minimum absolute atomic E-state index is 0.149. The summed E-state index contributed by atoms with van der Waals surface area (Å²) in [6.07, 6.45) is 5.34. The lowest BCUT2D eigenvalue weighted by Crippen LogP contribution is -2.48. The van der Waals surface area contributed by atoms with Crippen LogP contribution in [0.15, 0.2) is 23.8 Å². The zero-order valence-electron chi connectivity index (χ0n) is 15.1. The van der Waals surface area contributed by atoms with Crippen LogP contribution in [-0.2, 0) is 4.79 Å². The van der Waals surface area contributed by atoms with E-state index in [1.54, 1.807) is 7.11 Å². The maximum absolute atomic E-state index is 12.7. The average Bonchev–Trinajstić information content (AvgIpc) is 3.02. The van der Waals surface area contributed by atoms with Gasteiger partial charge in [-0.3, -0.25) is 9.69 Å². The Morgan fingerprint density at radius 3 is 3.00 bits per heavy atom. The maximum atomic E-state index is 12.7. The number of carbonyl (C=O) groups is 1. The van der Waals surface area contributed by atoms with Crippen LogP contribution in [0.4, 0.5) is 0 Å². The number of nitrogens with zero attached hydrogens (tertiary/aromatic N) is 2. The van der Waals surface area contributed by atoms with E-state index < -0.39 is 0 Å². The third-order valence-corrected chi connectivity index (χ3v) is 5.80. The number of para-hydroxylation sites is 1. The van der Waals surface area contributed by atoms with Crippen molar-refractivity contribution in [1.82, 2.24) is 9.80 Å². The van der Waals surface area contributed by atoms with Crippen molar-refractivity contribution in [1.29, 1.82) is 0 Å². The molecule has 0 unspecified atom stereocenters. The molecule has 1 amide bonds. The van der Waals surface area contributed by atoms with E-state index in [0.29, 0.717) is 12.5 Å². The predicted octanol–water partition coefficient (Wildman–Crippen LogP) is 2.42. The fraction of sp³-hybridized carbons (Fsp3) is 0.550. The first kappa shape index (κ1) is 16.5. The first-order valence-electron chi connectivity index (χ1n) is 9.08. The third kappa shape index (κ3) is 2.91. The van der Waals surface area contributed by atoms with Crippen molar-refractivity contribution >= 4 is 12.0 Å². The molecule has 0 aliphatic carbocycles. The van der Waals surface area contributed by atoms with Gasteiger partial charge in [0, 0.05) is 32.2 Å². The number of amides is 1. The van der Waals surface area contributed by atoms with Crippen LogP contribution in [0.2, 0.25) is 0 Å². The summed E-state index contributed by atoms with van der Waals surface area (Å²) in [5.41, 5.74) is 2.18. The minimum atomic E-state index is -0.149. The van der Waals surface area contributed by atoms with Crippen molar-refractivity contribution in [3.05, 3.63) is 29.3 Å². The number of fused-ring (bicyclic) bond motifs is 1. The Morgan fingerprint density at radius 1 is 1.28 bits per heavy atom. The number of rotatable bonds is 3. The summed E-state index contributed by atoms with van der Waals surface area (Å²) < 4.78 is 11.3. The number of piperidine rings is 1. The summed E-state index contributed by atoms with van der Waals surface area (Å²) in [7, 11) is 3.60. The molecule has 5 heteroatoms. The molecule has 1 atom stereocenters. The lowest BCUT2D eigenvalue weighted by molar-refractivity contribution is -0.143. The highest BCUT2D eigenvalue weighted by atomic mass is 16.5. The van der Waals surface area contributed by atoms with E-state index in [1.165, 1.54) is 5.57 Å².